The number of hydrogen-bond donors (Lipinski definition) is 2. The third-order valence-corrected chi connectivity index (χ3v) is 5.42. The van der Waals surface area contributed by atoms with E-state index >= 15 is 0 Å². The smallest absolute Gasteiger partial charge is 0.136 e. The van der Waals surface area contributed by atoms with Crippen molar-refractivity contribution in [1.29, 1.82) is 0 Å². The number of hydrogen-bond acceptors (Lipinski definition) is 3. The second-order valence-electron chi connectivity index (χ2n) is 6.82. The fraction of sp³-hybridized carbons (Fsp3) is 0.0435. The molecule has 4 aromatic carbocycles. The number of phenolic OH excluding ortho intramolecular Hbond substituents is 2. The lowest BCUT2D eigenvalue weighted by molar-refractivity contribution is 0.303. The maximum Gasteiger partial charge on any atom is 0.136 e. The highest BCUT2D eigenvalue weighted by atomic mass is 35.5. The Kier molecular flexibility index (Phi) is 3.90. The predicted molar refractivity (Wildman–Crippen MR) is 113 cm³/mol. The van der Waals surface area contributed by atoms with Gasteiger partial charge in [0.25, 0.3) is 0 Å². The SMILES string of the molecule is Oc1ccc2c(c1)COc1c-2cc2ccc(O)cc2c1-c1cc(Cl)cc(Cl)c1. The Hall–Kier alpha value is -2.88. The monoisotopic (exact) mass is 408 g/mol. The van der Waals surface area contributed by atoms with Crippen LogP contribution in [0.1, 0.15) is 5.56 Å². The summed E-state index contributed by atoms with van der Waals surface area (Å²) in [6, 6.07) is 17.9. The van der Waals surface area contributed by atoms with Crippen molar-refractivity contribution in [3.63, 3.8) is 0 Å². The molecule has 5 heteroatoms. The molecule has 5 rings (SSSR count). The summed E-state index contributed by atoms with van der Waals surface area (Å²) < 4.78 is 6.14. The lowest BCUT2D eigenvalue weighted by Crippen LogP contribution is -2.07. The van der Waals surface area contributed by atoms with Crippen molar-refractivity contribution in [3.8, 4) is 39.5 Å². The first-order chi connectivity index (χ1) is 13.5. The molecule has 0 unspecified atom stereocenters. The Morgan fingerprint density at radius 3 is 2.25 bits per heavy atom. The van der Waals surface area contributed by atoms with E-state index in [9.17, 15) is 10.2 Å². The van der Waals surface area contributed by atoms with Gasteiger partial charge in [-0.3, -0.25) is 0 Å². The van der Waals surface area contributed by atoms with E-state index in [1.807, 2.05) is 30.3 Å². The number of ether oxygens (including phenoxy) is 1. The quantitative estimate of drug-likeness (QED) is 0.364. The topological polar surface area (TPSA) is 49.7 Å². The summed E-state index contributed by atoms with van der Waals surface area (Å²) in [6.45, 7) is 0.336. The highest BCUT2D eigenvalue weighted by molar-refractivity contribution is 6.35. The molecule has 0 radical (unpaired) electrons. The first kappa shape index (κ1) is 17.2. The zero-order chi connectivity index (χ0) is 19.4. The summed E-state index contributed by atoms with van der Waals surface area (Å²) in [6.07, 6.45) is 0. The molecule has 0 saturated carbocycles. The third-order valence-electron chi connectivity index (χ3n) is 4.98. The van der Waals surface area contributed by atoms with Crippen LogP contribution in [-0.4, -0.2) is 10.2 Å². The minimum atomic E-state index is 0.169. The zero-order valence-corrected chi connectivity index (χ0v) is 16.1. The van der Waals surface area contributed by atoms with Crippen LogP contribution in [0, 0.1) is 0 Å². The molecular weight excluding hydrogens is 395 g/mol. The summed E-state index contributed by atoms with van der Waals surface area (Å²) in [5, 5.41) is 22.7. The van der Waals surface area contributed by atoms with Gasteiger partial charge in [0.15, 0.2) is 0 Å². The summed E-state index contributed by atoms with van der Waals surface area (Å²) >= 11 is 12.5. The van der Waals surface area contributed by atoms with Crippen molar-refractivity contribution >= 4 is 34.0 Å². The van der Waals surface area contributed by atoms with E-state index in [0.717, 1.165) is 38.6 Å². The van der Waals surface area contributed by atoms with Crippen LogP contribution in [0.5, 0.6) is 17.2 Å². The fourth-order valence-corrected chi connectivity index (χ4v) is 4.34. The van der Waals surface area contributed by atoms with Crippen molar-refractivity contribution < 1.29 is 14.9 Å². The van der Waals surface area contributed by atoms with Gasteiger partial charge in [-0.2, -0.15) is 0 Å². The van der Waals surface area contributed by atoms with Crippen LogP contribution in [0.3, 0.4) is 0 Å². The lowest BCUT2D eigenvalue weighted by atomic mass is 9.88. The van der Waals surface area contributed by atoms with Crippen LogP contribution < -0.4 is 4.74 Å². The van der Waals surface area contributed by atoms with Gasteiger partial charge in [0.05, 0.1) is 0 Å². The third kappa shape index (κ3) is 2.75. The Balaban J connectivity index is 1.91. The molecule has 0 fully saturated rings. The molecule has 0 spiro atoms. The lowest BCUT2D eigenvalue weighted by Gasteiger charge is -2.25. The summed E-state index contributed by atoms with van der Waals surface area (Å²) in [5.74, 6) is 1.08. The fourth-order valence-electron chi connectivity index (χ4n) is 3.81. The minimum absolute atomic E-state index is 0.169. The average Bonchev–Trinajstić information content (AvgIpc) is 2.65. The number of aromatic hydroxyl groups is 2. The number of fused-ring (bicyclic) bond motifs is 4. The first-order valence-corrected chi connectivity index (χ1v) is 9.46. The Morgan fingerprint density at radius 1 is 0.750 bits per heavy atom. The number of phenols is 2. The van der Waals surface area contributed by atoms with Crippen molar-refractivity contribution in [2.45, 2.75) is 6.61 Å². The maximum atomic E-state index is 10.1. The van der Waals surface area contributed by atoms with E-state index in [1.165, 1.54) is 0 Å². The van der Waals surface area contributed by atoms with Crippen molar-refractivity contribution in [1.82, 2.24) is 0 Å². The van der Waals surface area contributed by atoms with Gasteiger partial charge in [0, 0.05) is 26.7 Å². The molecule has 0 saturated heterocycles. The van der Waals surface area contributed by atoms with E-state index in [1.54, 1.807) is 30.3 Å². The van der Waals surface area contributed by atoms with Crippen LogP contribution in [0.2, 0.25) is 10.0 Å². The zero-order valence-electron chi connectivity index (χ0n) is 14.5. The van der Waals surface area contributed by atoms with Crippen LogP contribution in [0.15, 0.2) is 60.7 Å². The molecule has 1 heterocycles. The Bertz CT molecular complexity index is 1240. The van der Waals surface area contributed by atoms with Gasteiger partial charge in [0.2, 0.25) is 0 Å². The summed E-state index contributed by atoms with van der Waals surface area (Å²) in [4.78, 5) is 0. The van der Waals surface area contributed by atoms with Crippen molar-refractivity contribution in [2.75, 3.05) is 0 Å². The van der Waals surface area contributed by atoms with Gasteiger partial charge < -0.3 is 14.9 Å². The number of rotatable bonds is 1. The van der Waals surface area contributed by atoms with Gasteiger partial charge in [0.1, 0.15) is 23.9 Å². The standard InChI is InChI=1S/C23H14Cl2O3/c24-15-5-13(6-16(25)9-15)22-20-10-18(27)2-1-12(20)8-21-19-4-3-17(26)7-14(19)11-28-23(21)22/h1-10,26-27H,11H2. The number of halogens is 2. The molecule has 1 aliphatic rings. The predicted octanol–water partition coefficient (Wildman–Crippen LogP) is 6.78. The molecule has 1 aliphatic heterocycles. The summed E-state index contributed by atoms with van der Waals surface area (Å²) in [7, 11) is 0. The van der Waals surface area contributed by atoms with Gasteiger partial charge in [-0.05, 0) is 70.4 Å². The van der Waals surface area contributed by atoms with E-state index < -0.39 is 0 Å². The average molecular weight is 409 g/mol. The van der Waals surface area contributed by atoms with Gasteiger partial charge in [-0.25, -0.2) is 0 Å². The van der Waals surface area contributed by atoms with Crippen molar-refractivity contribution in [3.05, 3.63) is 76.3 Å². The molecule has 2 N–H and O–H groups in total. The molecule has 0 amide bonds. The van der Waals surface area contributed by atoms with E-state index in [-0.39, 0.29) is 11.5 Å². The van der Waals surface area contributed by atoms with Gasteiger partial charge in [-0.15, -0.1) is 0 Å². The molecule has 3 nitrogen and oxygen atoms in total. The van der Waals surface area contributed by atoms with Crippen molar-refractivity contribution in [2.24, 2.45) is 0 Å². The Morgan fingerprint density at radius 2 is 1.46 bits per heavy atom. The van der Waals surface area contributed by atoms with Crippen LogP contribution in [0.4, 0.5) is 0 Å². The van der Waals surface area contributed by atoms with Crippen LogP contribution >= 0.6 is 23.2 Å². The Labute approximate surface area is 171 Å². The van der Waals surface area contributed by atoms with E-state index in [4.69, 9.17) is 27.9 Å². The summed E-state index contributed by atoms with van der Waals surface area (Å²) in [5.41, 5.74) is 4.48. The van der Waals surface area contributed by atoms with E-state index in [0.29, 0.717) is 22.4 Å². The van der Waals surface area contributed by atoms with E-state index in [2.05, 4.69) is 0 Å². The highest BCUT2D eigenvalue weighted by Crippen LogP contribution is 2.49. The molecule has 28 heavy (non-hydrogen) atoms. The second kappa shape index (κ2) is 6.33. The molecule has 138 valence electrons. The number of benzene rings is 4. The molecular formula is C23H14Cl2O3. The molecule has 0 atom stereocenters. The largest absolute Gasteiger partial charge is 0.508 e. The second-order valence-corrected chi connectivity index (χ2v) is 7.69. The maximum absolute atomic E-state index is 10.1. The highest BCUT2D eigenvalue weighted by Gasteiger charge is 2.24. The van der Waals surface area contributed by atoms with Crippen LogP contribution in [0.25, 0.3) is 33.0 Å². The molecule has 4 aromatic rings. The molecule has 0 aromatic heterocycles. The first-order valence-electron chi connectivity index (χ1n) is 8.71. The molecule has 0 bridgehead atoms. The van der Waals surface area contributed by atoms with Crippen LogP contribution in [-0.2, 0) is 6.61 Å². The molecule has 0 aliphatic carbocycles. The normalized spacial score (nSPS) is 12.4. The van der Waals surface area contributed by atoms with Gasteiger partial charge >= 0.3 is 0 Å². The van der Waals surface area contributed by atoms with Gasteiger partial charge in [-0.1, -0.05) is 35.3 Å². The minimum Gasteiger partial charge on any atom is -0.508 e.